The summed E-state index contributed by atoms with van der Waals surface area (Å²) in [5.74, 6) is 0. The molecule has 4 heteroatoms. The van der Waals surface area contributed by atoms with Crippen LogP contribution in [0.15, 0.2) is 370 Å². The third-order valence-electron chi connectivity index (χ3n) is 29.1. The lowest BCUT2D eigenvalue weighted by atomic mass is 9.72. The topological polar surface area (TPSA) is 52.6 Å². The van der Waals surface area contributed by atoms with E-state index in [1.807, 2.05) is 0 Å². The zero-order valence-electron chi connectivity index (χ0n) is 70.1. The first kappa shape index (κ1) is 70.9. The molecule has 124 heavy (non-hydrogen) atoms. The summed E-state index contributed by atoms with van der Waals surface area (Å²) in [4.78, 5) is 0. The summed E-state index contributed by atoms with van der Waals surface area (Å²) >= 11 is 0. The Morgan fingerprint density at radius 2 is 0.468 bits per heavy atom. The molecule has 0 amide bonds. The van der Waals surface area contributed by atoms with Crippen molar-refractivity contribution in [3.8, 4) is 145 Å². The summed E-state index contributed by atoms with van der Waals surface area (Å²) in [6.45, 7) is 19.6. The molecule has 4 heterocycles. The normalized spacial score (nSPS) is 14.5. The van der Waals surface area contributed by atoms with E-state index in [2.05, 4.69) is 407 Å². The van der Waals surface area contributed by atoms with Crippen LogP contribution in [0.25, 0.3) is 232 Å². The van der Waals surface area contributed by atoms with Gasteiger partial charge in [-0.15, -0.1) is 0 Å². The monoisotopic (exact) mass is 1590 g/mol. The van der Waals surface area contributed by atoms with E-state index >= 15 is 0 Å². The molecule has 0 atom stereocenters. The number of hydrogen-bond acceptors (Lipinski definition) is 4. The molecule has 0 bridgehead atoms. The van der Waals surface area contributed by atoms with Crippen molar-refractivity contribution in [2.75, 3.05) is 0 Å². The maximum atomic E-state index is 7.51. The highest BCUT2D eigenvalue weighted by atomic mass is 16.3. The van der Waals surface area contributed by atoms with Crippen molar-refractivity contribution in [3.05, 3.63) is 396 Å². The Balaban J connectivity index is 0.646. The van der Waals surface area contributed by atoms with Crippen LogP contribution in [0.1, 0.15) is 99.9 Å². The van der Waals surface area contributed by atoms with Gasteiger partial charge >= 0.3 is 0 Å². The molecular formula is C120H82O4. The van der Waals surface area contributed by atoms with Crippen molar-refractivity contribution in [2.45, 2.75) is 77.0 Å². The highest BCUT2D eigenvalue weighted by Gasteiger charge is 2.50. The third kappa shape index (κ3) is 9.57. The molecule has 22 aromatic rings. The van der Waals surface area contributed by atoms with Crippen LogP contribution in [-0.2, 0) is 21.7 Å². The SMILES string of the molecule is CC1(C)c2cc3c(cc2-c2c1cc(-c1ccccc1-c1ccccc1)c1c2oc2ccccc21)C(C)(C)c1cc(-c2cccc(-c4ccc(-c5cc6c(c7c5oc5ccccc57)-c5ccc7c(c5C6(C)C)C(C)(C)c5cc(-c6ccccc6-c6ccccc6)c6oc8ccccc8c6c5-7)c(-c5ccccc5)c4)c2-c2ccccc2)c2c(oc4ccccc42)c1-3. The van der Waals surface area contributed by atoms with Gasteiger partial charge in [0, 0.05) is 87.0 Å². The Labute approximate surface area is 718 Å². The number of fused-ring (bicyclic) bond motifs is 29. The predicted molar refractivity (Wildman–Crippen MR) is 515 cm³/mol. The van der Waals surface area contributed by atoms with E-state index < -0.39 is 21.7 Å². The quantitative estimate of drug-likeness (QED) is 0.145. The van der Waals surface area contributed by atoms with E-state index in [0.717, 1.165) is 155 Å². The van der Waals surface area contributed by atoms with Crippen molar-refractivity contribution < 1.29 is 17.7 Å². The summed E-state index contributed by atoms with van der Waals surface area (Å²) in [7, 11) is 0. The van der Waals surface area contributed by atoms with Crippen molar-refractivity contribution in [3.63, 3.8) is 0 Å². The van der Waals surface area contributed by atoms with Gasteiger partial charge in [0.25, 0.3) is 0 Å². The van der Waals surface area contributed by atoms with Crippen LogP contribution in [0.2, 0.25) is 0 Å². The minimum atomic E-state index is -0.481. The molecule has 0 spiro atoms. The summed E-state index contributed by atoms with van der Waals surface area (Å²) in [5.41, 5.74) is 46.0. The zero-order chi connectivity index (χ0) is 82.7. The summed E-state index contributed by atoms with van der Waals surface area (Å²) in [5, 5.41) is 8.99. The molecule has 586 valence electrons. The molecule has 4 aliphatic rings. The number of furan rings is 4. The second-order valence-corrected chi connectivity index (χ2v) is 37.0. The van der Waals surface area contributed by atoms with Gasteiger partial charge in [-0.3, -0.25) is 0 Å². The lowest BCUT2D eigenvalue weighted by molar-refractivity contribution is 0.601. The molecule has 4 aliphatic carbocycles. The molecule has 4 nitrogen and oxygen atoms in total. The summed E-state index contributed by atoms with van der Waals surface area (Å²) in [6, 6.07) is 130. The third-order valence-corrected chi connectivity index (χ3v) is 29.1. The first-order valence-electron chi connectivity index (χ1n) is 43.6. The van der Waals surface area contributed by atoms with Gasteiger partial charge in [-0.2, -0.15) is 0 Å². The molecule has 0 fully saturated rings. The summed E-state index contributed by atoms with van der Waals surface area (Å²) in [6.07, 6.45) is 0. The first-order chi connectivity index (χ1) is 60.6. The van der Waals surface area contributed by atoms with Gasteiger partial charge in [-0.25, -0.2) is 0 Å². The van der Waals surface area contributed by atoms with Crippen LogP contribution < -0.4 is 0 Å². The molecule has 0 radical (unpaired) electrons. The lowest BCUT2D eigenvalue weighted by Gasteiger charge is -2.31. The van der Waals surface area contributed by atoms with E-state index in [0.29, 0.717) is 0 Å². The fourth-order valence-corrected chi connectivity index (χ4v) is 23.3. The van der Waals surface area contributed by atoms with E-state index in [-0.39, 0.29) is 0 Å². The lowest BCUT2D eigenvalue weighted by Crippen LogP contribution is -2.24. The van der Waals surface area contributed by atoms with E-state index in [4.69, 9.17) is 17.7 Å². The Hall–Kier alpha value is -14.8. The second-order valence-electron chi connectivity index (χ2n) is 37.0. The Kier molecular flexibility index (Phi) is 14.5. The van der Waals surface area contributed by atoms with Gasteiger partial charge in [0.05, 0.1) is 0 Å². The number of para-hydroxylation sites is 4. The minimum absolute atomic E-state index is 0.417. The van der Waals surface area contributed by atoms with E-state index in [1.165, 1.54) is 122 Å². The zero-order valence-corrected chi connectivity index (χ0v) is 70.1. The van der Waals surface area contributed by atoms with Crippen LogP contribution >= 0.6 is 0 Å². The molecule has 0 saturated carbocycles. The molecule has 4 aromatic heterocycles. The Morgan fingerprint density at radius 1 is 0.161 bits per heavy atom. The average molecular weight is 1590 g/mol. The van der Waals surface area contributed by atoms with Gasteiger partial charge in [-0.1, -0.05) is 341 Å². The molecular weight excluding hydrogens is 1510 g/mol. The Bertz CT molecular complexity index is 8440. The van der Waals surface area contributed by atoms with Gasteiger partial charge in [0.1, 0.15) is 44.7 Å². The predicted octanol–water partition coefficient (Wildman–Crippen LogP) is 33.5. The van der Waals surface area contributed by atoms with Crippen molar-refractivity contribution in [2.24, 2.45) is 0 Å². The van der Waals surface area contributed by atoms with Gasteiger partial charge in [0.2, 0.25) is 0 Å². The molecule has 0 N–H and O–H groups in total. The minimum Gasteiger partial charge on any atom is -0.455 e. The van der Waals surface area contributed by atoms with Crippen LogP contribution in [-0.4, -0.2) is 0 Å². The second kappa shape index (κ2) is 25.4. The summed E-state index contributed by atoms with van der Waals surface area (Å²) < 4.78 is 29.4. The Morgan fingerprint density at radius 3 is 0.911 bits per heavy atom. The number of hydrogen-bond donors (Lipinski definition) is 0. The smallest absolute Gasteiger partial charge is 0.144 e. The average Bonchev–Trinajstić information content (AvgIpc) is 1.51. The van der Waals surface area contributed by atoms with E-state index in [9.17, 15) is 0 Å². The fraction of sp³-hybridized carbons (Fsp3) is 0.100. The first-order valence-corrected chi connectivity index (χ1v) is 43.6. The number of benzene rings is 18. The highest BCUT2D eigenvalue weighted by molar-refractivity contribution is 6.25. The fourth-order valence-electron chi connectivity index (χ4n) is 23.3. The molecule has 0 unspecified atom stereocenters. The molecule has 18 aromatic carbocycles. The molecule has 0 saturated heterocycles. The maximum absolute atomic E-state index is 7.51. The van der Waals surface area contributed by atoms with Crippen LogP contribution in [0.5, 0.6) is 0 Å². The van der Waals surface area contributed by atoms with E-state index in [1.54, 1.807) is 0 Å². The van der Waals surface area contributed by atoms with Crippen LogP contribution in [0, 0.1) is 0 Å². The van der Waals surface area contributed by atoms with Gasteiger partial charge < -0.3 is 17.7 Å². The molecule has 0 aliphatic heterocycles. The standard InChI is InChI=1S/C120H82O4/c1-117(2)92-66-91-93(65-90(92)107-96(117)61-86(103-79-46-25-29-52-98(79)123-115(103)107)75-44-23-21-42-72(75)67-34-13-9-14-35-67)118(3,4)97-62-87(104-80-47-26-30-53-99(80)124-116(104)108(91)97)78-51-33-50-74(102(78)70-40-19-12-20-41-70)71-56-57-77(85(60-71)69-38-17-11-18-39-69)89-64-95-106(110-82-49-28-32-55-101(82)122-114(89)110)84-59-58-83-105-94(119(5,6)111(83)112(84)120(95,7)8)63-88(113-109(105)81-48-27-31-54-100(81)121-113)76-45-24-22-43-73(76)68-36-15-10-16-37-68/h9-66H,1-8H3. The molecule has 26 rings (SSSR count). The van der Waals surface area contributed by atoms with Gasteiger partial charge in [0.15, 0.2) is 0 Å². The van der Waals surface area contributed by atoms with Crippen molar-refractivity contribution in [1.29, 1.82) is 0 Å². The van der Waals surface area contributed by atoms with Gasteiger partial charge in [-0.05, 0) is 234 Å². The number of rotatable bonds is 9. The van der Waals surface area contributed by atoms with Crippen molar-refractivity contribution >= 4 is 87.8 Å². The van der Waals surface area contributed by atoms with Crippen LogP contribution in [0.3, 0.4) is 0 Å². The highest BCUT2D eigenvalue weighted by Crippen LogP contribution is 2.67. The van der Waals surface area contributed by atoms with Crippen LogP contribution in [0.4, 0.5) is 0 Å². The maximum Gasteiger partial charge on any atom is 0.144 e. The largest absolute Gasteiger partial charge is 0.455 e. The van der Waals surface area contributed by atoms with Crippen molar-refractivity contribution in [1.82, 2.24) is 0 Å².